The van der Waals surface area contributed by atoms with Gasteiger partial charge in [0.05, 0.1) is 18.0 Å². The van der Waals surface area contributed by atoms with E-state index in [0.29, 0.717) is 17.1 Å². The maximum absolute atomic E-state index is 13.4. The summed E-state index contributed by atoms with van der Waals surface area (Å²) in [5.74, 6) is -2.23. The van der Waals surface area contributed by atoms with Gasteiger partial charge in [-0.05, 0) is 37.5 Å². The number of nitrogens with one attached hydrogen (secondary N) is 1. The van der Waals surface area contributed by atoms with Crippen molar-refractivity contribution >= 4 is 11.5 Å². The van der Waals surface area contributed by atoms with Crippen LogP contribution in [0, 0.1) is 6.92 Å². The van der Waals surface area contributed by atoms with Crippen molar-refractivity contribution in [3.8, 4) is 0 Å². The van der Waals surface area contributed by atoms with Crippen LogP contribution in [0.5, 0.6) is 0 Å². The van der Waals surface area contributed by atoms with Gasteiger partial charge in [-0.15, -0.1) is 0 Å². The summed E-state index contributed by atoms with van der Waals surface area (Å²) >= 11 is 0. The monoisotopic (exact) mass is 411 g/mol. The maximum atomic E-state index is 13.4. The number of anilines is 1. The number of aryl methyl sites for hydroxylation is 1. The number of fused-ring (bicyclic) bond motifs is 1. The van der Waals surface area contributed by atoms with Crippen LogP contribution in [-0.4, -0.2) is 32.6 Å². The average molecular weight is 411 g/mol. The lowest BCUT2D eigenvalue weighted by Gasteiger charge is -2.29. The van der Waals surface area contributed by atoms with E-state index in [-0.39, 0.29) is 49.8 Å². The smallest absolute Gasteiger partial charge is 0.367 e. The van der Waals surface area contributed by atoms with E-state index in [0.717, 1.165) is 11.6 Å². The highest BCUT2D eigenvalue weighted by atomic mass is 19.4. The summed E-state index contributed by atoms with van der Waals surface area (Å²) in [6, 6.07) is 2.43. The highest BCUT2D eigenvalue weighted by Gasteiger charge is 2.36. The van der Waals surface area contributed by atoms with E-state index >= 15 is 0 Å². The summed E-state index contributed by atoms with van der Waals surface area (Å²) in [5, 5.41) is 3.19. The third-order valence-electron chi connectivity index (χ3n) is 5.11. The zero-order chi connectivity index (χ0) is 20.8. The molecule has 5 nitrogen and oxygen atoms in total. The Balaban J connectivity index is 1.66. The van der Waals surface area contributed by atoms with Gasteiger partial charge < -0.3 is 5.32 Å². The second-order valence-corrected chi connectivity index (χ2v) is 7.32. The van der Waals surface area contributed by atoms with E-state index < -0.39 is 17.8 Å². The van der Waals surface area contributed by atoms with Crippen molar-refractivity contribution in [1.29, 1.82) is 0 Å². The van der Waals surface area contributed by atoms with Crippen LogP contribution in [0.1, 0.15) is 54.0 Å². The van der Waals surface area contributed by atoms with Crippen molar-refractivity contribution in [2.75, 3.05) is 5.32 Å². The van der Waals surface area contributed by atoms with E-state index in [4.69, 9.17) is 0 Å². The molecule has 1 fully saturated rings. The van der Waals surface area contributed by atoms with Crippen molar-refractivity contribution in [2.45, 2.75) is 57.3 Å². The number of halogens is 5. The van der Waals surface area contributed by atoms with Crippen LogP contribution in [0.3, 0.4) is 0 Å². The minimum absolute atomic E-state index is 0.0149. The van der Waals surface area contributed by atoms with Crippen LogP contribution in [0.2, 0.25) is 0 Å². The lowest BCUT2D eigenvalue weighted by atomic mass is 9.92. The van der Waals surface area contributed by atoms with Gasteiger partial charge in [-0.2, -0.15) is 13.2 Å². The Kier molecular flexibility index (Phi) is 4.74. The molecule has 2 aromatic rings. The number of alkyl halides is 5. The molecule has 0 saturated heterocycles. The van der Waals surface area contributed by atoms with Crippen LogP contribution in [0.15, 0.2) is 23.3 Å². The summed E-state index contributed by atoms with van der Waals surface area (Å²) in [6.07, 6.45) is -2.87. The van der Waals surface area contributed by atoms with Gasteiger partial charge in [0, 0.05) is 30.6 Å². The van der Waals surface area contributed by atoms with Crippen LogP contribution in [-0.2, 0) is 12.7 Å². The molecule has 3 heterocycles. The third kappa shape index (κ3) is 4.06. The molecule has 29 heavy (non-hydrogen) atoms. The quantitative estimate of drug-likeness (QED) is 0.754. The number of hydrogen-bond acceptors (Lipinski definition) is 5. The molecule has 1 aliphatic carbocycles. The van der Waals surface area contributed by atoms with E-state index in [1.807, 2.05) is 0 Å². The van der Waals surface area contributed by atoms with E-state index in [2.05, 4.69) is 25.3 Å². The van der Waals surface area contributed by atoms with Gasteiger partial charge in [-0.25, -0.2) is 23.7 Å². The molecule has 4 rings (SSSR count). The lowest BCUT2D eigenvalue weighted by molar-refractivity contribution is -0.141. The molecule has 0 radical (unpaired) electrons. The van der Waals surface area contributed by atoms with Gasteiger partial charge in [-0.1, -0.05) is 0 Å². The summed E-state index contributed by atoms with van der Waals surface area (Å²) in [6.45, 7) is 1.68. The Hall–Kier alpha value is -2.65. The van der Waals surface area contributed by atoms with E-state index in [9.17, 15) is 22.0 Å². The second-order valence-electron chi connectivity index (χ2n) is 7.32. The first-order chi connectivity index (χ1) is 13.6. The molecule has 154 valence electrons. The molecule has 0 atom stereocenters. The zero-order valence-corrected chi connectivity index (χ0v) is 15.5. The molecule has 0 bridgehead atoms. The molecule has 1 saturated carbocycles. The molecule has 0 spiro atoms. The Morgan fingerprint density at radius 2 is 1.86 bits per heavy atom. The Labute approximate surface area is 163 Å². The molecular formula is C19H18F5N5. The molecule has 2 aromatic heterocycles. The largest absolute Gasteiger partial charge is 0.433 e. The molecule has 1 aliphatic heterocycles. The summed E-state index contributed by atoms with van der Waals surface area (Å²) in [7, 11) is 0. The Bertz CT molecular complexity index is 960. The Morgan fingerprint density at radius 3 is 2.55 bits per heavy atom. The van der Waals surface area contributed by atoms with E-state index in [1.165, 1.54) is 6.92 Å². The number of aliphatic imine (C=N–C) groups is 1. The van der Waals surface area contributed by atoms with Crippen LogP contribution < -0.4 is 5.32 Å². The SMILES string of the molecule is Cc1nc(C2=NCc3ccnc(NC4CCC(F)(F)CC4)c32)cc(C(F)(F)F)n1. The van der Waals surface area contributed by atoms with Crippen molar-refractivity contribution < 1.29 is 22.0 Å². The molecule has 1 N–H and O–H groups in total. The first-order valence-electron chi connectivity index (χ1n) is 9.23. The van der Waals surface area contributed by atoms with Gasteiger partial charge in [0.15, 0.2) is 0 Å². The third-order valence-corrected chi connectivity index (χ3v) is 5.11. The highest BCUT2D eigenvalue weighted by Crippen LogP contribution is 2.36. The number of pyridine rings is 1. The van der Waals surface area contributed by atoms with E-state index in [1.54, 1.807) is 12.3 Å². The lowest BCUT2D eigenvalue weighted by Crippen LogP contribution is -2.32. The van der Waals surface area contributed by atoms with Gasteiger partial charge in [0.1, 0.15) is 17.3 Å². The van der Waals surface area contributed by atoms with Crippen LogP contribution >= 0.6 is 0 Å². The van der Waals surface area contributed by atoms with Crippen molar-refractivity contribution in [3.63, 3.8) is 0 Å². The predicted octanol–water partition coefficient (Wildman–Crippen LogP) is 4.54. The number of rotatable bonds is 3. The van der Waals surface area contributed by atoms with Gasteiger partial charge >= 0.3 is 6.18 Å². The number of nitrogens with zero attached hydrogens (tertiary/aromatic N) is 4. The first-order valence-corrected chi connectivity index (χ1v) is 9.23. The number of hydrogen-bond donors (Lipinski definition) is 1. The molecule has 0 aromatic carbocycles. The maximum Gasteiger partial charge on any atom is 0.433 e. The first kappa shape index (κ1) is 19.7. The predicted molar refractivity (Wildman–Crippen MR) is 96.2 cm³/mol. The zero-order valence-electron chi connectivity index (χ0n) is 15.5. The molecule has 2 aliphatic rings. The van der Waals surface area contributed by atoms with Gasteiger partial charge in [0.25, 0.3) is 0 Å². The van der Waals surface area contributed by atoms with Crippen LogP contribution in [0.25, 0.3) is 0 Å². The normalized spacial score (nSPS) is 19.0. The fourth-order valence-electron chi connectivity index (χ4n) is 3.67. The van der Waals surface area contributed by atoms with Crippen LogP contribution in [0.4, 0.5) is 27.8 Å². The summed E-state index contributed by atoms with van der Waals surface area (Å²) in [5.41, 5.74) is 0.686. The molecule has 0 amide bonds. The van der Waals surface area contributed by atoms with Gasteiger partial charge in [-0.3, -0.25) is 4.99 Å². The fourth-order valence-corrected chi connectivity index (χ4v) is 3.67. The van der Waals surface area contributed by atoms with Crippen molar-refractivity contribution in [2.24, 2.45) is 4.99 Å². The minimum atomic E-state index is -4.60. The second kappa shape index (κ2) is 7.00. The van der Waals surface area contributed by atoms with Gasteiger partial charge in [0.2, 0.25) is 5.92 Å². The Morgan fingerprint density at radius 1 is 1.14 bits per heavy atom. The molecule has 0 unspecified atom stereocenters. The molecular weight excluding hydrogens is 393 g/mol. The van der Waals surface area contributed by atoms with Crippen molar-refractivity contribution in [1.82, 2.24) is 15.0 Å². The average Bonchev–Trinajstić information content (AvgIpc) is 3.07. The number of aromatic nitrogens is 3. The molecule has 10 heteroatoms. The standard InChI is InChI=1S/C19H18F5N5/c1-10-27-13(8-14(28-10)19(22,23)24)16-15-11(9-26-16)4-7-25-17(15)29-12-2-5-18(20,21)6-3-12/h4,7-8,12H,2-3,5-6,9H2,1H3,(H,25,29). The summed E-state index contributed by atoms with van der Waals surface area (Å²) in [4.78, 5) is 16.3. The summed E-state index contributed by atoms with van der Waals surface area (Å²) < 4.78 is 66.3. The fraction of sp³-hybridized carbons (Fsp3) is 0.474. The van der Waals surface area contributed by atoms with Crippen molar-refractivity contribution in [3.05, 3.63) is 46.7 Å². The minimum Gasteiger partial charge on any atom is -0.367 e. The topological polar surface area (TPSA) is 63.1 Å². The highest BCUT2D eigenvalue weighted by molar-refractivity contribution is 6.16.